The number of oxime groups is 1. The zero-order chi connectivity index (χ0) is 10.4. The fourth-order valence-electron chi connectivity index (χ4n) is 0.869. The van der Waals surface area contributed by atoms with Gasteiger partial charge in [0.25, 0.3) is 0 Å². The smallest absolute Gasteiger partial charge is 0.319 e. The summed E-state index contributed by atoms with van der Waals surface area (Å²) in [5, 5.41) is 12.1. The predicted octanol–water partition coefficient (Wildman–Crippen LogP) is 1.46. The molecule has 70 valence electrons. The molecule has 0 N–H and O–H groups in total. The van der Waals surface area contributed by atoms with Crippen LogP contribution in [0.15, 0.2) is 29.4 Å². The van der Waals surface area contributed by atoms with E-state index in [1.165, 1.54) is 13.1 Å². The minimum atomic E-state index is -0.490. The van der Waals surface area contributed by atoms with Gasteiger partial charge in [-0.05, 0) is 6.07 Å². The van der Waals surface area contributed by atoms with Crippen molar-refractivity contribution in [2.45, 2.75) is 6.92 Å². The van der Waals surface area contributed by atoms with Crippen molar-refractivity contribution in [2.24, 2.45) is 5.16 Å². The van der Waals surface area contributed by atoms with Gasteiger partial charge < -0.3 is 4.84 Å². The van der Waals surface area contributed by atoms with E-state index in [0.717, 1.165) is 0 Å². The average molecular weight is 188 g/mol. The minimum Gasteiger partial charge on any atom is -0.319 e. The van der Waals surface area contributed by atoms with E-state index in [1.807, 2.05) is 6.07 Å². The third-order valence-corrected chi connectivity index (χ3v) is 1.45. The van der Waals surface area contributed by atoms with Crippen molar-refractivity contribution in [3.63, 3.8) is 0 Å². The van der Waals surface area contributed by atoms with Crippen LogP contribution in [0, 0.1) is 11.3 Å². The van der Waals surface area contributed by atoms with Gasteiger partial charge in [-0.2, -0.15) is 5.26 Å². The largest absolute Gasteiger partial charge is 0.331 e. The molecule has 14 heavy (non-hydrogen) atoms. The Morgan fingerprint density at radius 3 is 2.93 bits per heavy atom. The second-order valence-electron chi connectivity index (χ2n) is 2.52. The molecule has 1 rings (SSSR count). The van der Waals surface area contributed by atoms with Crippen molar-refractivity contribution < 1.29 is 9.63 Å². The Morgan fingerprint density at radius 1 is 1.57 bits per heavy atom. The summed E-state index contributed by atoms with van der Waals surface area (Å²) in [7, 11) is 0. The Kier molecular flexibility index (Phi) is 3.39. The van der Waals surface area contributed by atoms with E-state index in [1.54, 1.807) is 24.3 Å². The Bertz CT molecular complexity index is 405. The lowest BCUT2D eigenvalue weighted by atomic mass is 10.1. The molecule has 0 amide bonds. The highest BCUT2D eigenvalue weighted by Crippen LogP contribution is 2.03. The van der Waals surface area contributed by atoms with Crippen LogP contribution in [0.1, 0.15) is 18.1 Å². The molecular weight excluding hydrogens is 180 g/mol. The lowest BCUT2D eigenvalue weighted by molar-refractivity contribution is -0.140. The van der Waals surface area contributed by atoms with E-state index in [-0.39, 0.29) is 0 Å². The van der Waals surface area contributed by atoms with Gasteiger partial charge in [0.1, 0.15) is 0 Å². The van der Waals surface area contributed by atoms with Crippen LogP contribution in [-0.2, 0) is 9.63 Å². The quantitative estimate of drug-likeness (QED) is 0.401. The van der Waals surface area contributed by atoms with Crippen LogP contribution < -0.4 is 0 Å². The van der Waals surface area contributed by atoms with Crippen LogP contribution in [0.4, 0.5) is 0 Å². The summed E-state index contributed by atoms with van der Waals surface area (Å²) in [5.74, 6) is -0.490. The van der Waals surface area contributed by atoms with E-state index in [4.69, 9.17) is 5.26 Å². The van der Waals surface area contributed by atoms with Crippen molar-refractivity contribution in [1.82, 2.24) is 0 Å². The summed E-state index contributed by atoms with van der Waals surface area (Å²) in [6.07, 6.45) is 1.33. The molecule has 4 heteroatoms. The second-order valence-corrected chi connectivity index (χ2v) is 2.52. The zero-order valence-corrected chi connectivity index (χ0v) is 7.60. The number of benzene rings is 1. The first-order valence-corrected chi connectivity index (χ1v) is 3.94. The van der Waals surface area contributed by atoms with Crippen LogP contribution in [0.3, 0.4) is 0 Å². The van der Waals surface area contributed by atoms with Crippen molar-refractivity contribution in [2.75, 3.05) is 0 Å². The molecule has 0 heterocycles. The lowest BCUT2D eigenvalue weighted by Crippen LogP contribution is -1.93. The van der Waals surface area contributed by atoms with Crippen LogP contribution in [0.25, 0.3) is 0 Å². The van der Waals surface area contributed by atoms with Gasteiger partial charge in [-0.1, -0.05) is 23.4 Å². The van der Waals surface area contributed by atoms with Crippen LogP contribution in [0.5, 0.6) is 0 Å². The molecule has 0 bridgehead atoms. The van der Waals surface area contributed by atoms with Gasteiger partial charge in [-0.3, -0.25) is 0 Å². The van der Waals surface area contributed by atoms with Gasteiger partial charge in [0, 0.05) is 12.5 Å². The molecule has 1 aromatic carbocycles. The van der Waals surface area contributed by atoms with Crippen molar-refractivity contribution in [3.05, 3.63) is 35.4 Å². The van der Waals surface area contributed by atoms with E-state index >= 15 is 0 Å². The summed E-state index contributed by atoms with van der Waals surface area (Å²) >= 11 is 0. The molecule has 0 saturated heterocycles. The molecule has 0 unspecified atom stereocenters. The first kappa shape index (κ1) is 9.93. The Morgan fingerprint density at radius 2 is 2.29 bits per heavy atom. The average Bonchev–Trinajstić information content (AvgIpc) is 2.18. The van der Waals surface area contributed by atoms with Gasteiger partial charge >= 0.3 is 5.97 Å². The zero-order valence-electron chi connectivity index (χ0n) is 7.60. The highest BCUT2D eigenvalue weighted by atomic mass is 16.7. The molecular formula is C10H8N2O2. The number of carbonyl (C=O) groups excluding carboxylic acids is 1. The molecule has 0 aromatic heterocycles. The van der Waals surface area contributed by atoms with Gasteiger partial charge in [0.2, 0.25) is 0 Å². The SMILES string of the molecule is CC(=O)O/N=C/c1ccccc1C#N. The lowest BCUT2D eigenvalue weighted by Gasteiger charge is -1.94. The third kappa shape index (κ3) is 2.72. The fourth-order valence-corrected chi connectivity index (χ4v) is 0.869. The molecule has 0 aliphatic heterocycles. The van der Waals surface area contributed by atoms with Crippen molar-refractivity contribution >= 4 is 12.2 Å². The predicted molar refractivity (Wildman–Crippen MR) is 50.5 cm³/mol. The van der Waals surface area contributed by atoms with Gasteiger partial charge in [-0.25, -0.2) is 4.79 Å². The van der Waals surface area contributed by atoms with E-state index in [0.29, 0.717) is 11.1 Å². The molecule has 0 saturated carbocycles. The number of carbonyl (C=O) groups is 1. The maximum absolute atomic E-state index is 10.4. The van der Waals surface area contributed by atoms with E-state index in [2.05, 4.69) is 9.99 Å². The van der Waals surface area contributed by atoms with E-state index < -0.39 is 5.97 Å². The summed E-state index contributed by atoms with van der Waals surface area (Å²) in [5.41, 5.74) is 1.11. The Balaban J connectivity index is 2.81. The monoisotopic (exact) mass is 188 g/mol. The van der Waals surface area contributed by atoms with E-state index in [9.17, 15) is 4.79 Å². The Hall–Kier alpha value is -2.15. The highest BCUT2D eigenvalue weighted by molar-refractivity contribution is 5.83. The maximum Gasteiger partial charge on any atom is 0.331 e. The third-order valence-electron chi connectivity index (χ3n) is 1.45. The molecule has 0 aliphatic rings. The molecule has 0 aliphatic carbocycles. The fraction of sp³-hybridized carbons (Fsp3) is 0.100. The summed E-state index contributed by atoms with van der Waals surface area (Å²) in [6.45, 7) is 1.26. The van der Waals surface area contributed by atoms with Crippen LogP contribution in [-0.4, -0.2) is 12.2 Å². The summed E-state index contributed by atoms with van der Waals surface area (Å²) in [6, 6.07) is 8.90. The second kappa shape index (κ2) is 4.77. The van der Waals surface area contributed by atoms with Gasteiger partial charge in [0.05, 0.1) is 17.8 Å². The minimum absolute atomic E-state index is 0.489. The van der Waals surface area contributed by atoms with Gasteiger partial charge in [0.15, 0.2) is 0 Å². The molecule has 1 aromatic rings. The molecule has 0 fully saturated rings. The Labute approximate surface area is 81.4 Å². The summed E-state index contributed by atoms with van der Waals surface area (Å²) in [4.78, 5) is 14.8. The normalized spacial score (nSPS) is 9.71. The van der Waals surface area contributed by atoms with Crippen molar-refractivity contribution in [3.8, 4) is 6.07 Å². The number of rotatable bonds is 2. The number of hydrogen-bond donors (Lipinski definition) is 0. The number of nitriles is 1. The summed E-state index contributed by atoms with van der Waals surface area (Å²) < 4.78 is 0. The maximum atomic E-state index is 10.4. The van der Waals surface area contributed by atoms with Gasteiger partial charge in [-0.15, -0.1) is 0 Å². The van der Waals surface area contributed by atoms with Crippen LogP contribution >= 0.6 is 0 Å². The first-order chi connectivity index (χ1) is 6.74. The molecule has 0 atom stereocenters. The number of nitrogens with zero attached hydrogens (tertiary/aromatic N) is 2. The van der Waals surface area contributed by atoms with Crippen LogP contribution in [0.2, 0.25) is 0 Å². The highest BCUT2D eigenvalue weighted by Gasteiger charge is 1.96. The molecule has 4 nitrogen and oxygen atoms in total. The molecule has 0 radical (unpaired) electrons. The van der Waals surface area contributed by atoms with Crippen molar-refractivity contribution in [1.29, 1.82) is 5.26 Å². The molecule has 0 spiro atoms. The number of hydrogen-bond acceptors (Lipinski definition) is 4. The topological polar surface area (TPSA) is 62.4 Å². The first-order valence-electron chi connectivity index (χ1n) is 3.94. The standard InChI is InChI=1S/C10H8N2O2/c1-8(13)14-12-7-10-5-3-2-4-9(10)6-11/h2-5,7H,1H3/b12-7+.